The van der Waals surface area contributed by atoms with E-state index in [9.17, 15) is 9.59 Å². The molecule has 0 heterocycles. The van der Waals surface area contributed by atoms with Crippen molar-refractivity contribution < 1.29 is 63.6 Å². The van der Waals surface area contributed by atoms with Crippen LogP contribution in [0.2, 0.25) is 0 Å². The van der Waals surface area contributed by atoms with Crippen LogP contribution in [0.4, 0.5) is 0 Å². The van der Waals surface area contributed by atoms with Gasteiger partial charge in [-0.1, -0.05) is 116 Å². The molecule has 8 heteroatoms. The summed E-state index contributed by atoms with van der Waals surface area (Å²) in [5.41, 5.74) is 0. The number of aliphatic carboxylic acids is 2. The third kappa shape index (κ3) is 53.6. The van der Waals surface area contributed by atoms with Crippen molar-refractivity contribution in [1.82, 2.24) is 0 Å². The molecule has 0 rings (SSSR count). The number of ether oxygens (including phenoxy) is 2. The summed E-state index contributed by atoms with van der Waals surface area (Å²) in [4.78, 5) is 30.0. The van der Waals surface area contributed by atoms with Gasteiger partial charge in [0, 0.05) is 18.8 Å². The number of carbonyl (C=O) groups is 3. The number of allylic oxidation sites excluding steroid dienone is 1. The molecular formula is C31H55NaO7. The van der Waals surface area contributed by atoms with Gasteiger partial charge in [-0.15, -0.1) is 6.58 Å². The van der Waals surface area contributed by atoms with Crippen LogP contribution in [0.5, 0.6) is 0 Å². The minimum absolute atomic E-state index is 0. The molecule has 0 fully saturated rings. The molecule has 7 nitrogen and oxygen atoms in total. The molecule has 0 unspecified atom stereocenters. The first-order valence-corrected chi connectivity index (χ1v) is 14.4. The van der Waals surface area contributed by atoms with Crippen molar-refractivity contribution in [3.8, 4) is 0 Å². The topological polar surface area (TPSA) is 113 Å². The molecule has 0 aliphatic heterocycles. The summed E-state index contributed by atoms with van der Waals surface area (Å²) < 4.78 is 9.79. The van der Waals surface area contributed by atoms with Crippen molar-refractivity contribution in [3.05, 3.63) is 37.5 Å². The maximum atomic E-state index is 10.8. The Hall–Kier alpha value is -1.41. The second-order valence-corrected chi connectivity index (χ2v) is 9.00. The molecule has 0 aromatic carbocycles. The van der Waals surface area contributed by atoms with Gasteiger partial charge in [0.2, 0.25) is 0 Å². The Kier molecular flexibility index (Phi) is 47.0. The van der Waals surface area contributed by atoms with Gasteiger partial charge in [-0.3, -0.25) is 0 Å². The maximum Gasteiger partial charge on any atom is 1.00 e. The van der Waals surface area contributed by atoms with Gasteiger partial charge >= 0.3 is 41.5 Å². The van der Waals surface area contributed by atoms with E-state index < -0.39 is 17.9 Å². The normalized spacial score (nSPS) is 9.79. The molecule has 222 valence electrons. The summed E-state index contributed by atoms with van der Waals surface area (Å²) in [5, 5.41) is 17.4. The van der Waals surface area contributed by atoms with Crippen LogP contribution in [0.15, 0.2) is 37.5 Å². The van der Waals surface area contributed by atoms with Crippen LogP contribution in [0.25, 0.3) is 0 Å². The number of carbonyl (C=O) groups excluding carboxylic acids is 2. The van der Waals surface area contributed by atoms with Crippen LogP contribution in [-0.4, -0.2) is 42.8 Å². The number of rotatable bonds is 24. The largest absolute Gasteiger partial charge is 1.00 e. The number of esters is 1. The van der Waals surface area contributed by atoms with Crippen molar-refractivity contribution >= 4 is 17.9 Å². The van der Waals surface area contributed by atoms with Crippen LogP contribution in [-0.2, 0) is 23.9 Å². The smallest absolute Gasteiger partial charge is 0.545 e. The average Bonchev–Trinajstić information content (AvgIpc) is 2.90. The number of hydrogen-bond donors (Lipinski definition) is 1. The second kappa shape index (κ2) is 41.1. The molecule has 0 aromatic rings. The fourth-order valence-electron chi connectivity index (χ4n) is 3.22. The number of carboxylic acids is 2. The van der Waals surface area contributed by atoms with Crippen LogP contribution in [0, 0.1) is 0 Å². The molecule has 0 aromatic heterocycles. The Morgan fingerprint density at radius 1 is 0.692 bits per heavy atom. The SMILES string of the molecule is C=CC(=O)[O-].C=CCCCCCCCCCCCCCCCC.CCCCOCCOC(=O)/C=C\C(=O)O.[Na+]. The number of hydrogen-bond acceptors (Lipinski definition) is 6. The van der Waals surface area contributed by atoms with E-state index in [1.165, 1.54) is 96.3 Å². The second-order valence-electron chi connectivity index (χ2n) is 9.00. The van der Waals surface area contributed by atoms with Gasteiger partial charge in [0.25, 0.3) is 0 Å². The van der Waals surface area contributed by atoms with Crippen LogP contribution in [0.3, 0.4) is 0 Å². The molecule has 0 aliphatic rings. The van der Waals surface area contributed by atoms with E-state index in [0.29, 0.717) is 13.2 Å². The fourth-order valence-corrected chi connectivity index (χ4v) is 3.22. The summed E-state index contributed by atoms with van der Waals surface area (Å²) in [6.45, 7) is 12.1. The van der Waals surface area contributed by atoms with Gasteiger partial charge in [0.05, 0.1) is 12.6 Å². The van der Waals surface area contributed by atoms with E-state index in [-0.39, 0.29) is 36.2 Å². The van der Waals surface area contributed by atoms with Crippen molar-refractivity contribution in [2.24, 2.45) is 0 Å². The molecule has 0 saturated heterocycles. The zero-order chi connectivity index (χ0) is 29.1. The van der Waals surface area contributed by atoms with Crippen molar-refractivity contribution in [3.63, 3.8) is 0 Å². The summed E-state index contributed by atoms with van der Waals surface area (Å²) in [6, 6.07) is 0. The van der Waals surface area contributed by atoms with Gasteiger partial charge in [-0.05, 0) is 25.3 Å². The monoisotopic (exact) mass is 562 g/mol. The third-order valence-electron chi connectivity index (χ3n) is 5.40. The van der Waals surface area contributed by atoms with Crippen LogP contribution >= 0.6 is 0 Å². The van der Waals surface area contributed by atoms with E-state index in [4.69, 9.17) is 19.7 Å². The maximum absolute atomic E-state index is 10.8. The summed E-state index contributed by atoms with van der Waals surface area (Å²) >= 11 is 0. The summed E-state index contributed by atoms with van der Waals surface area (Å²) in [5.74, 6) is -3.08. The molecule has 0 amide bonds. The summed E-state index contributed by atoms with van der Waals surface area (Å²) in [7, 11) is 0. The summed E-state index contributed by atoms with van der Waals surface area (Å²) in [6.07, 6.45) is 27.8. The fraction of sp³-hybridized carbons (Fsp3) is 0.710. The number of carboxylic acid groups (broad SMARTS) is 2. The standard InChI is InChI=1S/C18H36.C10H16O5.C3H4O2.Na/c1-3-5-7-9-11-13-15-17-18-16-14-12-10-8-6-4-2;1-2-3-6-14-7-8-15-10(13)5-4-9(11)12;1-2-3(4)5;/h3H,1,4-18H2,2H3;4-5H,2-3,6-8H2,1H3,(H,11,12);2H,1H2,(H,4,5);/q;;;+1/p-1/b;5-4-;;. The zero-order valence-electron chi connectivity index (χ0n) is 25.3. The molecule has 1 N–H and O–H groups in total. The Morgan fingerprint density at radius 3 is 1.51 bits per heavy atom. The van der Waals surface area contributed by atoms with Crippen LogP contribution < -0.4 is 34.7 Å². The first kappa shape index (κ1) is 44.6. The number of unbranched alkanes of at least 4 members (excludes halogenated alkanes) is 15. The van der Waals surface area contributed by atoms with E-state index in [2.05, 4.69) is 31.7 Å². The third-order valence-corrected chi connectivity index (χ3v) is 5.40. The molecule has 0 atom stereocenters. The van der Waals surface area contributed by atoms with E-state index in [1.54, 1.807) is 0 Å². The van der Waals surface area contributed by atoms with Gasteiger partial charge in [0.15, 0.2) is 0 Å². The van der Waals surface area contributed by atoms with Gasteiger partial charge in [-0.25, -0.2) is 9.59 Å². The van der Waals surface area contributed by atoms with E-state index in [1.807, 2.05) is 6.08 Å². The molecule has 39 heavy (non-hydrogen) atoms. The van der Waals surface area contributed by atoms with Crippen molar-refractivity contribution in [2.45, 2.75) is 123 Å². The predicted molar refractivity (Wildman–Crippen MR) is 154 cm³/mol. The quantitative estimate of drug-likeness (QED) is 0.0623. The van der Waals surface area contributed by atoms with E-state index >= 15 is 0 Å². The predicted octanol–water partition coefficient (Wildman–Crippen LogP) is 3.96. The molecular weight excluding hydrogens is 507 g/mol. The van der Waals surface area contributed by atoms with Crippen molar-refractivity contribution in [1.29, 1.82) is 0 Å². The first-order chi connectivity index (χ1) is 18.3. The van der Waals surface area contributed by atoms with Gasteiger partial charge in [0.1, 0.15) is 6.61 Å². The average molecular weight is 563 g/mol. The molecule has 0 saturated carbocycles. The first-order valence-electron chi connectivity index (χ1n) is 14.4. The Morgan fingerprint density at radius 2 is 1.13 bits per heavy atom. The Bertz CT molecular complexity index is 591. The van der Waals surface area contributed by atoms with E-state index in [0.717, 1.165) is 31.1 Å². The van der Waals surface area contributed by atoms with Gasteiger partial charge < -0.3 is 24.5 Å². The zero-order valence-corrected chi connectivity index (χ0v) is 27.3. The minimum Gasteiger partial charge on any atom is -0.545 e. The van der Waals surface area contributed by atoms with Crippen LogP contribution in [0.1, 0.15) is 123 Å². The molecule has 0 aliphatic carbocycles. The van der Waals surface area contributed by atoms with Gasteiger partial charge in [-0.2, -0.15) is 0 Å². The molecule has 0 bridgehead atoms. The molecule has 0 spiro atoms. The minimum atomic E-state index is -1.23. The van der Waals surface area contributed by atoms with Crippen molar-refractivity contribution in [2.75, 3.05) is 19.8 Å². The Labute approximate surface area is 260 Å². The Balaban J connectivity index is -0.000000264. The molecule has 0 radical (unpaired) electrons.